The topological polar surface area (TPSA) is 66.9 Å². The largest absolute Gasteiger partial charge is 0.494 e. The first-order valence-corrected chi connectivity index (χ1v) is 12.3. The second kappa shape index (κ2) is 10.2. The van der Waals surface area contributed by atoms with Crippen molar-refractivity contribution in [3.8, 4) is 5.75 Å². The first-order chi connectivity index (χ1) is 14.7. The van der Waals surface area contributed by atoms with Crippen molar-refractivity contribution in [1.29, 1.82) is 0 Å². The lowest BCUT2D eigenvalue weighted by molar-refractivity contribution is -0.135. The molecule has 1 aliphatic rings. The lowest BCUT2D eigenvalue weighted by Crippen LogP contribution is -2.43. The summed E-state index contributed by atoms with van der Waals surface area (Å²) in [6.07, 6.45) is 0.904. The normalized spacial score (nSPS) is 15.6. The molecule has 9 heteroatoms. The summed E-state index contributed by atoms with van der Waals surface area (Å²) in [4.78, 5) is 14.5. The molecule has 3 rings (SSSR count). The van der Waals surface area contributed by atoms with E-state index in [1.807, 2.05) is 31.2 Å². The van der Waals surface area contributed by atoms with Crippen LogP contribution in [0, 0.1) is 5.92 Å². The lowest BCUT2D eigenvalue weighted by Gasteiger charge is -2.33. The van der Waals surface area contributed by atoms with E-state index in [1.54, 1.807) is 18.0 Å². The van der Waals surface area contributed by atoms with Crippen LogP contribution in [-0.2, 0) is 21.4 Å². The highest BCUT2D eigenvalue weighted by molar-refractivity contribution is 7.89. The van der Waals surface area contributed by atoms with Crippen LogP contribution in [0.1, 0.15) is 25.3 Å². The van der Waals surface area contributed by atoms with Gasteiger partial charge in [-0.3, -0.25) is 4.79 Å². The molecule has 1 saturated heterocycles. The van der Waals surface area contributed by atoms with Crippen LogP contribution in [0.3, 0.4) is 0 Å². The van der Waals surface area contributed by atoms with Gasteiger partial charge in [-0.1, -0.05) is 41.4 Å². The fourth-order valence-electron chi connectivity index (χ4n) is 3.72. The molecule has 1 fully saturated rings. The van der Waals surface area contributed by atoms with Gasteiger partial charge in [0.15, 0.2) is 0 Å². The van der Waals surface area contributed by atoms with Gasteiger partial charge in [0.25, 0.3) is 0 Å². The van der Waals surface area contributed by atoms with Gasteiger partial charge in [-0.25, -0.2) is 8.42 Å². The number of amides is 1. The third-order valence-electron chi connectivity index (χ3n) is 5.35. The predicted octanol–water partition coefficient (Wildman–Crippen LogP) is 4.45. The average Bonchev–Trinajstić information content (AvgIpc) is 2.74. The Labute approximate surface area is 193 Å². The molecule has 0 aliphatic carbocycles. The Morgan fingerprint density at radius 1 is 1.10 bits per heavy atom. The SMILES string of the molecule is CCOc1ccc(CN(C)C(=O)C2CCN(S(=O)(=O)c3c(Cl)cccc3Cl)CC2)cc1. The van der Waals surface area contributed by atoms with Gasteiger partial charge in [0.1, 0.15) is 10.6 Å². The number of ether oxygens (including phenoxy) is 1. The van der Waals surface area contributed by atoms with Crippen molar-refractivity contribution in [2.24, 2.45) is 5.92 Å². The molecule has 1 amide bonds. The summed E-state index contributed by atoms with van der Waals surface area (Å²) >= 11 is 12.2. The van der Waals surface area contributed by atoms with Gasteiger partial charge in [-0.2, -0.15) is 4.31 Å². The van der Waals surface area contributed by atoms with Gasteiger partial charge in [0.2, 0.25) is 15.9 Å². The second-order valence-corrected chi connectivity index (χ2v) is 10.2. The van der Waals surface area contributed by atoms with Crippen molar-refractivity contribution in [1.82, 2.24) is 9.21 Å². The Hall–Kier alpha value is -1.80. The molecule has 0 aromatic heterocycles. The smallest absolute Gasteiger partial charge is 0.246 e. The number of rotatable bonds is 7. The van der Waals surface area contributed by atoms with Gasteiger partial charge in [-0.15, -0.1) is 0 Å². The molecule has 0 saturated carbocycles. The summed E-state index contributed by atoms with van der Waals surface area (Å²) < 4.78 is 32.8. The molecule has 1 heterocycles. The molecule has 0 N–H and O–H groups in total. The average molecular weight is 485 g/mol. The van der Waals surface area contributed by atoms with Crippen LogP contribution in [0.15, 0.2) is 47.4 Å². The minimum Gasteiger partial charge on any atom is -0.494 e. The number of hydrogen-bond donors (Lipinski definition) is 0. The van der Waals surface area contributed by atoms with Crippen LogP contribution < -0.4 is 4.74 Å². The van der Waals surface area contributed by atoms with Crippen LogP contribution in [0.4, 0.5) is 0 Å². The Balaban J connectivity index is 1.60. The second-order valence-electron chi connectivity index (χ2n) is 7.50. The number of carbonyl (C=O) groups excluding carboxylic acids is 1. The quantitative estimate of drug-likeness (QED) is 0.581. The van der Waals surface area contributed by atoms with E-state index in [4.69, 9.17) is 27.9 Å². The highest BCUT2D eigenvalue weighted by Crippen LogP contribution is 2.33. The van der Waals surface area contributed by atoms with E-state index in [1.165, 1.54) is 16.4 Å². The molecule has 6 nitrogen and oxygen atoms in total. The zero-order valence-electron chi connectivity index (χ0n) is 17.6. The summed E-state index contributed by atoms with van der Waals surface area (Å²) in [6, 6.07) is 12.3. The van der Waals surface area contributed by atoms with Crippen LogP contribution in [-0.4, -0.2) is 50.3 Å². The zero-order valence-corrected chi connectivity index (χ0v) is 19.9. The number of sulfonamides is 1. The minimum absolute atomic E-state index is 0.0155. The van der Waals surface area contributed by atoms with Crippen molar-refractivity contribution in [2.45, 2.75) is 31.2 Å². The third-order valence-corrected chi connectivity index (χ3v) is 8.21. The van der Waals surface area contributed by atoms with E-state index >= 15 is 0 Å². The van der Waals surface area contributed by atoms with E-state index in [0.717, 1.165) is 11.3 Å². The fraction of sp³-hybridized carbons (Fsp3) is 0.409. The van der Waals surface area contributed by atoms with Gasteiger partial charge in [0.05, 0.1) is 16.7 Å². The molecule has 0 atom stereocenters. The van der Waals surface area contributed by atoms with Crippen molar-refractivity contribution < 1.29 is 17.9 Å². The molecule has 0 bridgehead atoms. The van der Waals surface area contributed by atoms with E-state index in [0.29, 0.717) is 26.0 Å². The number of hydrogen-bond acceptors (Lipinski definition) is 4. The van der Waals surface area contributed by atoms with Crippen molar-refractivity contribution >= 4 is 39.1 Å². The first kappa shape index (κ1) is 23.9. The maximum absolute atomic E-state index is 13.0. The molecule has 0 spiro atoms. The van der Waals surface area contributed by atoms with E-state index in [9.17, 15) is 13.2 Å². The van der Waals surface area contributed by atoms with Crippen LogP contribution >= 0.6 is 23.2 Å². The first-order valence-electron chi connectivity index (χ1n) is 10.1. The third kappa shape index (κ3) is 5.52. The fourth-order valence-corrected chi connectivity index (χ4v) is 6.28. The van der Waals surface area contributed by atoms with E-state index in [-0.39, 0.29) is 39.9 Å². The zero-order chi connectivity index (χ0) is 22.6. The molecule has 31 heavy (non-hydrogen) atoms. The molecular weight excluding hydrogens is 459 g/mol. The van der Waals surface area contributed by atoms with Gasteiger partial charge >= 0.3 is 0 Å². The van der Waals surface area contributed by atoms with Gasteiger partial charge in [0, 0.05) is 32.6 Å². The molecular formula is C22H26Cl2N2O4S. The Morgan fingerprint density at radius 3 is 2.23 bits per heavy atom. The molecule has 1 aliphatic heterocycles. The van der Waals surface area contributed by atoms with Crippen LogP contribution in [0.25, 0.3) is 0 Å². The number of piperidine rings is 1. The van der Waals surface area contributed by atoms with Crippen molar-refractivity contribution in [3.63, 3.8) is 0 Å². The predicted molar refractivity (Wildman–Crippen MR) is 122 cm³/mol. The van der Waals surface area contributed by atoms with E-state index in [2.05, 4.69) is 0 Å². The van der Waals surface area contributed by atoms with E-state index < -0.39 is 10.0 Å². The number of carbonyl (C=O) groups is 1. The molecule has 2 aromatic rings. The molecule has 2 aromatic carbocycles. The number of nitrogens with zero attached hydrogens (tertiary/aromatic N) is 2. The molecule has 168 valence electrons. The Kier molecular flexibility index (Phi) is 7.86. The minimum atomic E-state index is -3.82. The number of halogens is 2. The Bertz CT molecular complexity index is 1000. The summed E-state index contributed by atoms with van der Waals surface area (Å²) in [7, 11) is -2.05. The highest BCUT2D eigenvalue weighted by atomic mass is 35.5. The summed E-state index contributed by atoms with van der Waals surface area (Å²) in [6.45, 7) is 3.52. The van der Waals surface area contributed by atoms with Crippen molar-refractivity contribution in [3.05, 3.63) is 58.1 Å². The lowest BCUT2D eigenvalue weighted by atomic mass is 9.96. The summed E-state index contributed by atoms with van der Waals surface area (Å²) in [5, 5.41) is 0.196. The summed E-state index contributed by atoms with van der Waals surface area (Å²) in [5.74, 6) is 0.593. The number of benzene rings is 2. The Morgan fingerprint density at radius 2 is 1.68 bits per heavy atom. The van der Waals surface area contributed by atoms with Gasteiger partial charge < -0.3 is 9.64 Å². The standard InChI is InChI=1S/C22H26Cl2N2O4S/c1-3-30-18-9-7-16(8-10-18)15-25(2)22(27)17-11-13-26(14-12-17)31(28,29)21-19(23)5-4-6-20(21)24/h4-10,17H,3,11-15H2,1-2H3. The highest BCUT2D eigenvalue weighted by Gasteiger charge is 2.35. The molecule has 0 unspecified atom stereocenters. The maximum atomic E-state index is 13.0. The maximum Gasteiger partial charge on any atom is 0.246 e. The summed E-state index contributed by atoms with van der Waals surface area (Å²) in [5.41, 5.74) is 1.01. The molecule has 0 radical (unpaired) electrons. The van der Waals surface area contributed by atoms with Gasteiger partial charge in [-0.05, 0) is 49.6 Å². The monoisotopic (exact) mass is 484 g/mol. The van der Waals surface area contributed by atoms with Crippen LogP contribution in [0.5, 0.6) is 5.75 Å². The van der Waals surface area contributed by atoms with Crippen LogP contribution in [0.2, 0.25) is 10.0 Å². The van der Waals surface area contributed by atoms with Crippen molar-refractivity contribution in [2.75, 3.05) is 26.7 Å².